The molecule has 0 radical (unpaired) electrons. The molecule has 102 valence electrons. The normalized spacial score (nSPS) is 21.5. The highest BCUT2D eigenvalue weighted by molar-refractivity contribution is 7.93. The molecule has 0 aromatic rings. The summed E-state index contributed by atoms with van der Waals surface area (Å²) in [6.07, 6.45) is 0. The first-order chi connectivity index (χ1) is 7.87. The Bertz CT molecular complexity index is 340. The van der Waals surface area contributed by atoms with E-state index in [4.69, 9.17) is 10.5 Å². The van der Waals surface area contributed by atoms with Gasteiger partial charge in [0, 0.05) is 6.61 Å². The molecule has 0 amide bonds. The van der Waals surface area contributed by atoms with E-state index in [-0.39, 0.29) is 11.5 Å². The van der Waals surface area contributed by atoms with Crippen LogP contribution in [0.25, 0.3) is 0 Å². The van der Waals surface area contributed by atoms with Crippen LogP contribution in [0.5, 0.6) is 0 Å². The molecule has 1 rings (SSSR count). The minimum absolute atomic E-state index is 0.218. The lowest BCUT2D eigenvalue weighted by molar-refractivity contribution is -0.150. The van der Waals surface area contributed by atoms with Crippen molar-refractivity contribution in [2.75, 3.05) is 25.2 Å². The Kier molecular flexibility index (Phi) is 6.08. The van der Waals surface area contributed by atoms with Crippen LogP contribution in [-0.2, 0) is 24.1 Å². The van der Waals surface area contributed by atoms with Crippen LogP contribution < -0.4 is 5.73 Å². The third kappa shape index (κ3) is 3.65. The molecule has 1 unspecified atom stereocenters. The van der Waals surface area contributed by atoms with E-state index >= 15 is 0 Å². The van der Waals surface area contributed by atoms with Crippen molar-refractivity contribution >= 4 is 15.8 Å². The van der Waals surface area contributed by atoms with Gasteiger partial charge in [0.25, 0.3) is 0 Å². The number of hydrogen-bond acceptors (Lipinski definition) is 6. The average Bonchev–Trinajstić information content (AvgIpc) is 2.27. The summed E-state index contributed by atoms with van der Waals surface area (Å²) in [7, 11) is -1.91. The van der Waals surface area contributed by atoms with Gasteiger partial charge in [-0.3, -0.25) is 4.79 Å². The van der Waals surface area contributed by atoms with Gasteiger partial charge in [-0.1, -0.05) is 13.8 Å². The summed E-state index contributed by atoms with van der Waals surface area (Å²) in [6, 6.07) is -1.05. The van der Waals surface area contributed by atoms with Crippen molar-refractivity contribution in [1.29, 1.82) is 0 Å². The van der Waals surface area contributed by atoms with Crippen molar-refractivity contribution in [2.24, 2.45) is 5.73 Å². The summed E-state index contributed by atoms with van der Waals surface area (Å²) in [4.78, 5) is 11.2. The minimum atomic E-state index is -3.11. The smallest absolute Gasteiger partial charge is 0.325 e. The SMILES string of the molecule is CC.CCOC1(C(N)C(=O)OC)CS(=O)(=O)C1. The van der Waals surface area contributed by atoms with E-state index in [9.17, 15) is 13.2 Å². The standard InChI is InChI=1S/C8H15NO5S.C2H6/c1-3-14-8(4-15(11,12)5-8)6(9)7(10)13-2;1-2/h6H,3-5,9H2,1-2H3;1-2H3. The van der Waals surface area contributed by atoms with Gasteiger partial charge in [0.1, 0.15) is 11.6 Å². The number of esters is 1. The van der Waals surface area contributed by atoms with Gasteiger partial charge in [-0.25, -0.2) is 8.42 Å². The first kappa shape index (κ1) is 16.3. The van der Waals surface area contributed by atoms with Crippen LogP contribution in [0.1, 0.15) is 20.8 Å². The maximum Gasteiger partial charge on any atom is 0.325 e. The molecule has 17 heavy (non-hydrogen) atoms. The van der Waals surface area contributed by atoms with Crippen LogP contribution in [0.15, 0.2) is 0 Å². The van der Waals surface area contributed by atoms with E-state index in [0.29, 0.717) is 6.61 Å². The van der Waals surface area contributed by atoms with E-state index in [0.717, 1.165) is 0 Å². The van der Waals surface area contributed by atoms with E-state index in [1.54, 1.807) is 6.92 Å². The molecule has 1 atom stereocenters. The quantitative estimate of drug-likeness (QED) is 0.704. The second-order valence-corrected chi connectivity index (χ2v) is 5.60. The van der Waals surface area contributed by atoms with Crippen molar-refractivity contribution in [3.63, 3.8) is 0 Å². The monoisotopic (exact) mass is 267 g/mol. The van der Waals surface area contributed by atoms with Crippen LogP contribution in [0, 0.1) is 0 Å². The molecule has 0 aliphatic carbocycles. The Morgan fingerprint density at radius 2 is 1.88 bits per heavy atom. The highest BCUT2D eigenvalue weighted by atomic mass is 32.2. The number of nitrogens with two attached hydrogens (primary N) is 1. The molecule has 2 N–H and O–H groups in total. The maximum atomic E-state index is 11.2. The van der Waals surface area contributed by atoms with E-state index in [1.165, 1.54) is 7.11 Å². The summed E-state index contributed by atoms with van der Waals surface area (Å²) in [6.45, 7) is 6.02. The highest BCUT2D eigenvalue weighted by Gasteiger charge is 2.56. The number of methoxy groups -OCH3 is 1. The van der Waals surface area contributed by atoms with Crippen molar-refractivity contribution < 1.29 is 22.7 Å². The third-order valence-corrected chi connectivity index (χ3v) is 4.24. The van der Waals surface area contributed by atoms with Gasteiger partial charge in [0.05, 0.1) is 18.6 Å². The number of ether oxygens (including phenoxy) is 2. The molecule has 0 saturated carbocycles. The van der Waals surface area contributed by atoms with Gasteiger partial charge in [-0.2, -0.15) is 0 Å². The van der Waals surface area contributed by atoms with Crippen molar-refractivity contribution in [2.45, 2.75) is 32.4 Å². The molecular formula is C10H21NO5S. The van der Waals surface area contributed by atoms with Crippen LogP contribution in [0.4, 0.5) is 0 Å². The lowest BCUT2D eigenvalue weighted by Crippen LogP contribution is -2.68. The lowest BCUT2D eigenvalue weighted by Gasteiger charge is -2.43. The Labute approximate surface area is 102 Å². The molecule has 0 spiro atoms. The van der Waals surface area contributed by atoms with Gasteiger partial charge in [0.2, 0.25) is 0 Å². The van der Waals surface area contributed by atoms with Gasteiger partial charge in [-0.15, -0.1) is 0 Å². The van der Waals surface area contributed by atoms with Crippen LogP contribution >= 0.6 is 0 Å². The molecule has 1 fully saturated rings. The molecule has 1 heterocycles. The maximum absolute atomic E-state index is 11.2. The predicted molar refractivity (Wildman–Crippen MR) is 64.4 cm³/mol. The highest BCUT2D eigenvalue weighted by Crippen LogP contribution is 2.30. The molecule has 1 saturated heterocycles. The number of carbonyl (C=O) groups is 1. The zero-order valence-electron chi connectivity index (χ0n) is 10.7. The van der Waals surface area contributed by atoms with Crippen LogP contribution in [-0.4, -0.2) is 51.3 Å². The average molecular weight is 267 g/mol. The van der Waals surface area contributed by atoms with Crippen LogP contribution in [0.3, 0.4) is 0 Å². The first-order valence-corrected chi connectivity index (χ1v) is 7.37. The summed E-state index contributed by atoms with van der Waals surface area (Å²) in [5.41, 5.74) is 4.51. The number of rotatable bonds is 4. The van der Waals surface area contributed by atoms with E-state index < -0.39 is 27.4 Å². The summed E-state index contributed by atoms with van der Waals surface area (Å²) < 4.78 is 32.0. The zero-order chi connectivity index (χ0) is 13.7. The predicted octanol–water partition coefficient (Wildman–Crippen LogP) is -0.283. The zero-order valence-corrected chi connectivity index (χ0v) is 11.5. The van der Waals surface area contributed by atoms with Gasteiger partial charge in [-0.05, 0) is 6.92 Å². The van der Waals surface area contributed by atoms with Crippen LogP contribution in [0.2, 0.25) is 0 Å². The first-order valence-electron chi connectivity index (χ1n) is 5.54. The van der Waals surface area contributed by atoms with Crippen molar-refractivity contribution in [3.05, 3.63) is 0 Å². The largest absolute Gasteiger partial charge is 0.468 e. The fourth-order valence-electron chi connectivity index (χ4n) is 1.68. The second-order valence-electron chi connectivity index (χ2n) is 3.53. The molecule has 7 heteroatoms. The Morgan fingerprint density at radius 1 is 1.41 bits per heavy atom. The molecule has 0 aromatic carbocycles. The minimum Gasteiger partial charge on any atom is -0.468 e. The number of hydrogen-bond donors (Lipinski definition) is 1. The fraction of sp³-hybridized carbons (Fsp3) is 0.900. The van der Waals surface area contributed by atoms with Crippen molar-refractivity contribution in [3.8, 4) is 0 Å². The molecule has 0 bridgehead atoms. The summed E-state index contributed by atoms with van der Waals surface area (Å²) in [5, 5.41) is 0. The topological polar surface area (TPSA) is 95.7 Å². The number of sulfone groups is 1. The van der Waals surface area contributed by atoms with Gasteiger partial charge in [0.15, 0.2) is 9.84 Å². The lowest BCUT2D eigenvalue weighted by atomic mass is 9.98. The molecular weight excluding hydrogens is 246 g/mol. The Balaban J connectivity index is 0.00000121. The summed E-state index contributed by atoms with van der Waals surface area (Å²) in [5.74, 6) is -1.09. The Hall–Kier alpha value is -0.660. The van der Waals surface area contributed by atoms with Gasteiger partial charge < -0.3 is 15.2 Å². The Morgan fingerprint density at radius 3 is 2.18 bits per heavy atom. The summed E-state index contributed by atoms with van der Waals surface area (Å²) >= 11 is 0. The van der Waals surface area contributed by atoms with Gasteiger partial charge >= 0.3 is 5.97 Å². The second kappa shape index (κ2) is 6.32. The molecule has 1 aliphatic rings. The molecule has 1 aliphatic heterocycles. The van der Waals surface area contributed by atoms with E-state index in [1.807, 2.05) is 13.8 Å². The molecule has 6 nitrogen and oxygen atoms in total. The molecule has 0 aromatic heterocycles. The van der Waals surface area contributed by atoms with E-state index in [2.05, 4.69) is 4.74 Å². The van der Waals surface area contributed by atoms with Crippen molar-refractivity contribution in [1.82, 2.24) is 0 Å². The third-order valence-electron chi connectivity index (χ3n) is 2.38. The fourth-order valence-corrected chi connectivity index (χ4v) is 3.61. The number of carbonyl (C=O) groups excluding carboxylic acids is 1.